The minimum Gasteiger partial charge on any atom is -0.352 e. The summed E-state index contributed by atoms with van der Waals surface area (Å²) in [5.41, 5.74) is -0.716. The zero-order valence-electron chi connectivity index (χ0n) is 24.0. The molecule has 14 heteroatoms. The lowest BCUT2D eigenvalue weighted by molar-refractivity contribution is -0.140. The maximum atomic E-state index is 14.2. The zero-order chi connectivity index (χ0) is 32.8. The van der Waals surface area contributed by atoms with E-state index in [1.54, 1.807) is 55.5 Å². The summed E-state index contributed by atoms with van der Waals surface area (Å²) in [6.45, 7) is 2.38. The molecule has 3 aromatic carbocycles. The number of halogens is 6. The van der Waals surface area contributed by atoms with Gasteiger partial charge in [0, 0.05) is 34.6 Å². The molecule has 0 saturated carbocycles. The van der Waals surface area contributed by atoms with Crippen molar-refractivity contribution in [3.05, 3.63) is 98.5 Å². The van der Waals surface area contributed by atoms with Gasteiger partial charge in [-0.05, 0) is 49.2 Å². The molecule has 0 aliphatic carbocycles. The van der Waals surface area contributed by atoms with Gasteiger partial charge in [0.1, 0.15) is 12.6 Å². The van der Waals surface area contributed by atoms with E-state index < -0.39 is 51.9 Å². The fourth-order valence-electron chi connectivity index (χ4n) is 4.32. The van der Waals surface area contributed by atoms with E-state index in [9.17, 15) is 31.2 Å². The molecule has 0 unspecified atom stereocenters. The molecule has 0 bridgehead atoms. The number of amides is 2. The lowest BCUT2D eigenvalue weighted by atomic mass is 10.0. The summed E-state index contributed by atoms with van der Waals surface area (Å²) >= 11 is 19.0. The SMILES string of the molecule is CC[C@@H](C)NC(=O)[C@@H](Cc1ccccc1)N(Cc1c(Cl)cccc1Cl)C(=O)CN(c1cc(C(F)(F)F)ccc1Cl)S(C)(=O)=O. The molecule has 0 saturated heterocycles. The first-order valence-corrected chi connectivity index (χ1v) is 16.4. The highest BCUT2D eigenvalue weighted by molar-refractivity contribution is 7.92. The Morgan fingerprint density at radius 3 is 2.09 bits per heavy atom. The van der Waals surface area contributed by atoms with Gasteiger partial charge < -0.3 is 10.2 Å². The highest BCUT2D eigenvalue weighted by Gasteiger charge is 2.36. The maximum Gasteiger partial charge on any atom is 0.416 e. The Morgan fingerprint density at radius 1 is 0.932 bits per heavy atom. The van der Waals surface area contributed by atoms with Crippen molar-refractivity contribution in [2.75, 3.05) is 17.1 Å². The number of hydrogen-bond donors (Lipinski definition) is 1. The maximum absolute atomic E-state index is 14.2. The molecule has 1 N–H and O–H groups in total. The summed E-state index contributed by atoms with van der Waals surface area (Å²) in [5.74, 6) is -1.43. The molecule has 44 heavy (non-hydrogen) atoms. The van der Waals surface area contributed by atoms with Gasteiger partial charge in [-0.15, -0.1) is 0 Å². The minimum absolute atomic E-state index is 0.0279. The van der Waals surface area contributed by atoms with Crippen LogP contribution in [0.4, 0.5) is 18.9 Å². The van der Waals surface area contributed by atoms with E-state index in [0.717, 1.165) is 17.2 Å². The van der Waals surface area contributed by atoms with Gasteiger partial charge in [0.15, 0.2) is 0 Å². The molecule has 3 rings (SSSR count). The highest BCUT2D eigenvalue weighted by Crippen LogP contribution is 2.36. The van der Waals surface area contributed by atoms with Crippen molar-refractivity contribution < 1.29 is 31.2 Å². The van der Waals surface area contributed by atoms with E-state index in [2.05, 4.69) is 5.32 Å². The molecule has 7 nitrogen and oxygen atoms in total. The van der Waals surface area contributed by atoms with Gasteiger partial charge in [-0.1, -0.05) is 78.1 Å². The Morgan fingerprint density at radius 2 is 1.55 bits per heavy atom. The van der Waals surface area contributed by atoms with Gasteiger partial charge in [0.05, 0.1) is 22.5 Å². The number of carbonyl (C=O) groups excluding carboxylic acids is 2. The van der Waals surface area contributed by atoms with Gasteiger partial charge in [-0.25, -0.2) is 8.42 Å². The number of nitrogens with zero attached hydrogens (tertiary/aromatic N) is 2. The van der Waals surface area contributed by atoms with E-state index in [4.69, 9.17) is 34.8 Å². The van der Waals surface area contributed by atoms with Crippen LogP contribution in [0.5, 0.6) is 0 Å². The molecule has 2 amide bonds. The second kappa shape index (κ2) is 14.9. The fourth-order valence-corrected chi connectivity index (χ4v) is 5.96. The second-order valence-electron chi connectivity index (χ2n) is 10.2. The van der Waals surface area contributed by atoms with Crippen molar-refractivity contribution in [3.8, 4) is 0 Å². The van der Waals surface area contributed by atoms with Crippen LogP contribution < -0.4 is 9.62 Å². The number of alkyl halides is 3. The Labute approximate surface area is 269 Å². The van der Waals surface area contributed by atoms with Crippen LogP contribution >= 0.6 is 34.8 Å². The molecular formula is C30H31Cl3F3N3O4S. The number of anilines is 1. The van der Waals surface area contributed by atoms with Crippen molar-refractivity contribution in [1.29, 1.82) is 0 Å². The molecule has 0 spiro atoms. The lowest BCUT2D eigenvalue weighted by Gasteiger charge is -2.34. The number of hydrogen-bond acceptors (Lipinski definition) is 4. The average molecular weight is 693 g/mol. The number of carbonyl (C=O) groups is 2. The standard InChI is InChI=1S/C30H31Cl3F3N3O4S/c1-4-19(2)37-29(41)27(15-20-9-6-5-7-10-20)38(17-22-23(31)11-8-12-24(22)32)28(40)18-39(44(3,42)43)26-16-21(30(34,35)36)13-14-25(26)33/h5-14,16,19,27H,4,15,17-18H2,1-3H3,(H,37,41)/t19-,27-/m1/s1. The second-order valence-corrected chi connectivity index (χ2v) is 13.3. The van der Waals surface area contributed by atoms with E-state index in [1.807, 2.05) is 6.92 Å². The molecule has 238 valence electrons. The van der Waals surface area contributed by atoms with E-state index in [0.29, 0.717) is 34.0 Å². The largest absolute Gasteiger partial charge is 0.416 e. The number of nitrogens with one attached hydrogen (secondary N) is 1. The fraction of sp³-hybridized carbons (Fsp3) is 0.333. The van der Waals surface area contributed by atoms with Gasteiger partial charge in [-0.3, -0.25) is 13.9 Å². The van der Waals surface area contributed by atoms with Crippen LogP contribution in [0.15, 0.2) is 66.7 Å². The van der Waals surface area contributed by atoms with Crippen molar-refractivity contribution in [3.63, 3.8) is 0 Å². The smallest absolute Gasteiger partial charge is 0.352 e. The van der Waals surface area contributed by atoms with Crippen molar-refractivity contribution >= 4 is 62.3 Å². The average Bonchev–Trinajstić information content (AvgIpc) is 2.94. The minimum atomic E-state index is -4.81. The number of sulfonamides is 1. The van der Waals surface area contributed by atoms with Crippen LogP contribution in [-0.4, -0.2) is 50.0 Å². The number of benzene rings is 3. The summed E-state index contributed by atoms with van der Waals surface area (Å²) in [4.78, 5) is 29.0. The summed E-state index contributed by atoms with van der Waals surface area (Å²) in [7, 11) is -4.37. The summed E-state index contributed by atoms with van der Waals surface area (Å²) in [6.07, 6.45) is -3.46. The monoisotopic (exact) mass is 691 g/mol. The molecule has 0 radical (unpaired) electrons. The predicted octanol–water partition coefficient (Wildman–Crippen LogP) is 6.99. The quantitative estimate of drug-likeness (QED) is 0.222. The third-order valence-electron chi connectivity index (χ3n) is 6.88. The topological polar surface area (TPSA) is 86.8 Å². The first-order valence-electron chi connectivity index (χ1n) is 13.4. The highest BCUT2D eigenvalue weighted by atomic mass is 35.5. The Balaban J connectivity index is 2.17. The summed E-state index contributed by atoms with van der Waals surface area (Å²) in [6, 6.07) is 14.2. The molecule has 0 aliphatic rings. The number of rotatable bonds is 12. The van der Waals surface area contributed by atoms with E-state index >= 15 is 0 Å². The van der Waals surface area contributed by atoms with Gasteiger partial charge >= 0.3 is 6.18 Å². The van der Waals surface area contributed by atoms with Crippen LogP contribution in [0.25, 0.3) is 0 Å². The lowest BCUT2D eigenvalue weighted by Crippen LogP contribution is -2.54. The van der Waals surface area contributed by atoms with Crippen molar-refractivity contribution in [1.82, 2.24) is 10.2 Å². The summed E-state index contributed by atoms with van der Waals surface area (Å²) in [5, 5.41) is 2.93. The van der Waals surface area contributed by atoms with Crippen LogP contribution in [0, 0.1) is 0 Å². The third kappa shape index (κ3) is 9.26. The van der Waals surface area contributed by atoms with E-state index in [1.165, 1.54) is 0 Å². The zero-order valence-corrected chi connectivity index (χ0v) is 27.1. The normalized spacial score (nSPS) is 13.2. The summed E-state index contributed by atoms with van der Waals surface area (Å²) < 4.78 is 67.0. The Bertz CT molecular complexity index is 1570. The van der Waals surface area contributed by atoms with Gasteiger partial charge in [-0.2, -0.15) is 13.2 Å². The third-order valence-corrected chi connectivity index (χ3v) is 9.04. The Kier molecular flexibility index (Phi) is 12.0. The Hall–Kier alpha value is -2.99. The van der Waals surface area contributed by atoms with Crippen LogP contribution in [0.3, 0.4) is 0 Å². The molecular weight excluding hydrogens is 662 g/mol. The molecule has 0 aromatic heterocycles. The molecule has 2 atom stereocenters. The molecule has 0 aliphatic heterocycles. The van der Waals surface area contributed by atoms with Crippen LogP contribution in [-0.2, 0) is 38.8 Å². The van der Waals surface area contributed by atoms with Crippen molar-refractivity contribution in [2.24, 2.45) is 0 Å². The first kappa shape index (κ1) is 35.5. The van der Waals surface area contributed by atoms with E-state index in [-0.39, 0.29) is 34.1 Å². The predicted molar refractivity (Wildman–Crippen MR) is 167 cm³/mol. The molecule has 0 fully saturated rings. The van der Waals surface area contributed by atoms with Crippen molar-refractivity contribution in [2.45, 2.75) is 51.5 Å². The molecule has 3 aromatic rings. The van der Waals surface area contributed by atoms with Crippen LogP contribution in [0.1, 0.15) is 37.0 Å². The van der Waals surface area contributed by atoms with Gasteiger partial charge in [0.2, 0.25) is 21.8 Å². The molecule has 0 heterocycles. The van der Waals surface area contributed by atoms with Gasteiger partial charge in [0.25, 0.3) is 0 Å². The van der Waals surface area contributed by atoms with Crippen LogP contribution in [0.2, 0.25) is 15.1 Å². The first-order chi connectivity index (χ1) is 20.5.